The van der Waals surface area contributed by atoms with Gasteiger partial charge in [0.05, 0.1) is 12.8 Å². The van der Waals surface area contributed by atoms with Gasteiger partial charge in [-0.2, -0.15) is 0 Å². The number of nitrogens with one attached hydrogen (secondary N) is 2. The van der Waals surface area contributed by atoms with Gasteiger partial charge in [-0.15, -0.1) is 0 Å². The van der Waals surface area contributed by atoms with Crippen LogP contribution in [0, 0.1) is 13.8 Å². The molecule has 0 saturated heterocycles. The van der Waals surface area contributed by atoms with Crippen LogP contribution in [0.2, 0.25) is 0 Å². The summed E-state index contributed by atoms with van der Waals surface area (Å²) in [6.45, 7) is 3.80. The van der Waals surface area contributed by atoms with Crippen LogP contribution in [-0.4, -0.2) is 17.1 Å². The van der Waals surface area contributed by atoms with E-state index in [9.17, 15) is 0 Å². The Morgan fingerprint density at radius 2 is 1.83 bits per heavy atom. The fraction of sp³-hybridized carbons (Fsp3) is 0.231. The summed E-state index contributed by atoms with van der Waals surface area (Å²) in [7, 11) is 1.64. The third kappa shape index (κ3) is 2.88. The highest BCUT2D eigenvalue weighted by Gasteiger charge is 2.02. The lowest BCUT2D eigenvalue weighted by molar-refractivity contribution is 0.416. The molecule has 0 saturated carbocycles. The summed E-state index contributed by atoms with van der Waals surface area (Å²) in [6.07, 6.45) is 0. The zero-order valence-corrected chi connectivity index (χ0v) is 10.7. The van der Waals surface area contributed by atoms with Crippen molar-refractivity contribution in [1.29, 1.82) is 0 Å². The molecule has 1 aromatic carbocycles. The summed E-state index contributed by atoms with van der Waals surface area (Å²) < 4.78 is 5.25. The van der Waals surface area contributed by atoms with Crippen LogP contribution in [0.25, 0.3) is 0 Å². The van der Waals surface area contributed by atoms with Gasteiger partial charge in [-0.05, 0) is 26.0 Å². The Morgan fingerprint density at radius 1 is 1.06 bits per heavy atom. The largest absolute Gasteiger partial charge is 0.495 e. The normalized spacial score (nSPS) is 9.94. The predicted octanol–water partition coefficient (Wildman–Crippen LogP) is 2.54. The quantitative estimate of drug-likeness (QED) is 0.809. The van der Waals surface area contributed by atoms with Crippen LogP contribution in [-0.2, 0) is 0 Å². The Kier molecular flexibility index (Phi) is 3.62. The summed E-state index contributed by atoms with van der Waals surface area (Å²) in [4.78, 5) is 8.50. The lowest BCUT2D eigenvalue weighted by Crippen LogP contribution is -2.12. The number of rotatable bonds is 4. The highest BCUT2D eigenvalue weighted by Crippen LogP contribution is 2.22. The van der Waals surface area contributed by atoms with Crippen LogP contribution >= 0.6 is 0 Å². The molecule has 0 amide bonds. The molecule has 94 valence electrons. The van der Waals surface area contributed by atoms with E-state index in [2.05, 4.69) is 20.8 Å². The second-order valence-corrected chi connectivity index (χ2v) is 3.89. The van der Waals surface area contributed by atoms with Gasteiger partial charge in [-0.1, -0.05) is 12.1 Å². The zero-order chi connectivity index (χ0) is 13.0. The zero-order valence-electron chi connectivity index (χ0n) is 10.7. The van der Waals surface area contributed by atoms with Crippen LogP contribution < -0.4 is 15.6 Å². The van der Waals surface area contributed by atoms with Crippen LogP contribution in [0.1, 0.15) is 11.5 Å². The van der Waals surface area contributed by atoms with Gasteiger partial charge in [0.25, 0.3) is 0 Å². The average Bonchev–Trinajstić information content (AvgIpc) is 2.35. The van der Waals surface area contributed by atoms with Gasteiger partial charge in [0, 0.05) is 11.8 Å². The SMILES string of the molecule is COc1ccccc1NNc1cc(C)nc(C)n1. The first-order chi connectivity index (χ1) is 8.69. The van der Waals surface area contributed by atoms with Crippen molar-refractivity contribution in [3.8, 4) is 5.75 Å². The Labute approximate surface area is 106 Å². The molecule has 1 heterocycles. The number of hydrogen-bond acceptors (Lipinski definition) is 5. The molecule has 0 aliphatic rings. The Morgan fingerprint density at radius 3 is 2.56 bits per heavy atom. The van der Waals surface area contributed by atoms with Crippen molar-refractivity contribution in [3.05, 3.63) is 41.9 Å². The number of anilines is 2. The smallest absolute Gasteiger partial charge is 0.148 e. The van der Waals surface area contributed by atoms with E-state index in [0.717, 1.165) is 28.8 Å². The Bertz CT molecular complexity index is 522. The van der Waals surface area contributed by atoms with E-state index >= 15 is 0 Å². The van der Waals surface area contributed by atoms with Gasteiger partial charge in [0.15, 0.2) is 0 Å². The van der Waals surface area contributed by atoms with Gasteiger partial charge < -0.3 is 4.74 Å². The molecule has 5 nitrogen and oxygen atoms in total. The summed E-state index contributed by atoms with van der Waals surface area (Å²) >= 11 is 0. The van der Waals surface area contributed by atoms with Crippen molar-refractivity contribution in [2.45, 2.75) is 13.8 Å². The molecule has 5 heteroatoms. The standard InChI is InChI=1S/C13H16N4O/c1-9-8-13(15-10(2)14-9)17-16-11-6-4-5-7-12(11)18-3/h4-8,16H,1-3H3,(H,14,15,17). The Hall–Kier alpha value is -2.30. The number of methoxy groups -OCH3 is 1. The molecule has 0 bridgehead atoms. The number of aromatic nitrogens is 2. The molecule has 2 N–H and O–H groups in total. The van der Waals surface area contributed by atoms with E-state index < -0.39 is 0 Å². The first-order valence-corrected chi connectivity index (χ1v) is 5.66. The molecule has 0 atom stereocenters. The maximum atomic E-state index is 5.25. The van der Waals surface area contributed by atoms with Gasteiger partial charge in [0.1, 0.15) is 17.4 Å². The number of ether oxygens (including phenoxy) is 1. The molecular formula is C13H16N4O. The second kappa shape index (κ2) is 5.35. The van der Waals surface area contributed by atoms with Gasteiger partial charge >= 0.3 is 0 Å². The van der Waals surface area contributed by atoms with Crippen LogP contribution in [0.15, 0.2) is 30.3 Å². The molecule has 2 rings (SSSR count). The lowest BCUT2D eigenvalue weighted by atomic mass is 10.3. The van der Waals surface area contributed by atoms with E-state index in [1.165, 1.54) is 0 Å². The summed E-state index contributed by atoms with van der Waals surface area (Å²) in [5, 5.41) is 0. The Balaban J connectivity index is 2.11. The summed E-state index contributed by atoms with van der Waals surface area (Å²) in [5.74, 6) is 2.23. The van der Waals surface area contributed by atoms with Crippen molar-refractivity contribution in [2.24, 2.45) is 0 Å². The van der Waals surface area contributed by atoms with Gasteiger partial charge in [0.2, 0.25) is 0 Å². The first-order valence-electron chi connectivity index (χ1n) is 5.66. The second-order valence-electron chi connectivity index (χ2n) is 3.89. The molecule has 0 spiro atoms. The minimum atomic E-state index is 0.728. The molecule has 2 aromatic rings. The molecule has 0 aliphatic heterocycles. The number of para-hydroxylation sites is 2. The van der Waals surface area contributed by atoms with Crippen molar-refractivity contribution in [2.75, 3.05) is 18.0 Å². The molecular weight excluding hydrogens is 228 g/mol. The molecule has 18 heavy (non-hydrogen) atoms. The summed E-state index contributed by atoms with van der Waals surface area (Å²) in [5.41, 5.74) is 7.88. The molecule has 0 radical (unpaired) electrons. The van der Waals surface area contributed by atoms with Crippen molar-refractivity contribution in [1.82, 2.24) is 9.97 Å². The highest BCUT2D eigenvalue weighted by atomic mass is 16.5. The van der Waals surface area contributed by atoms with Crippen molar-refractivity contribution >= 4 is 11.5 Å². The van der Waals surface area contributed by atoms with Crippen molar-refractivity contribution < 1.29 is 4.74 Å². The third-order valence-corrected chi connectivity index (χ3v) is 2.40. The van der Waals surface area contributed by atoms with Crippen LogP contribution in [0.5, 0.6) is 5.75 Å². The van der Waals surface area contributed by atoms with E-state index in [-0.39, 0.29) is 0 Å². The lowest BCUT2D eigenvalue weighted by Gasteiger charge is -2.12. The minimum Gasteiger partial charge on any atom is -0.495 e. The number of benzene rings is 1. The average molecular weight is 244 g/mol. The maximum absolute atomic E-state index is 5.25. The third-order valence-electron chi connectivity index (χ3n) is 2.40. The van der Waals surface area contributed by atoms with E-state index in [0.29, 0.717) is 0 Å². The van der Waals surface area contributed by atoms with E-state index in [4.69, 9.17) is 4.74 Å². The number of hydrazine groups is 1. The first kappa shape index (κ1) is 12.2. The molecule has 0 aliphatic carbocycles. The molecule has 0 fully saturated rings. The van der Waals surface area contributed by atoms with E-state index in [1.54, 1.807) is 7.11 Å². The maximum Gasteiger partial charge on any atom is 0.148 e. The fourth-order valence-electron chi connectivity index (χ4n) is 1.66. The number of hydrogen-bond donors (Lipinski definition) is 2. The number of nitrogens with zero attached hydrogens (tertiary/aromatic N) is 2. The van der Waals surface area contributed by atoms with E-state index in [1.807, 2.05) is 44.2 Å². The van der Waals surface area contributed by atoms with Gasteiger partial charge in [-0.3, -0.25) is 10.9 Å². The highest BCUT2D eigenvalue weighted by molar-refractivity contribution is 5.59. The topological polar surface area (TPSA) is 59.1 Å². The minimum absolute atomic E-state index is 0.728. The van der Waals surface area contributed by atoms with Crippen LogP contribution in [0.4, 0.5) is 11.5 Å². The monoisotopic (exact) mass is 244 g/mol. The predicted molar refractivity (Wildman–Crippen MR) is 71.7 cm³/mol. The fourth-order valence-corrected chi connectivity index (χ4v) is 1.66. The summed E-state index contributed by atoms with van der Waals surface area (Å²) in [6, 6.07) is 9.54. The molecule has 0 unspecified atom stereocenters. The van der Waals surface area contributed by atoms with Gasteiger partial charge in [-0.25, -0.2) is 9.97 Å². The van der Waals surface area contributed by atoms with Crippen LogP contribution in [0.3, 0.4) is 0 Å². The number of aryl methyl sites for hydroxylation is 2. The van der Waals surface area contributed by atoms with Crippen molar-refractivity contribution in [3.63, 3.8) is 0 Å². The molecule has 1 aromatic heterocycles.